The fraction of sp³-hybridized carbons (Fsp3) is 0.667. The van der Waals surface area contributed by atoms with Gasteiger partial charge in [0.2, 0.25) is 0 Å². The summed E-state index contributed by atoms with van der Waals surface area (Å²) in [6.07, 6.45) is 6.35. The fourth-order valence-corrected chi connectivity index (χ4v) is 1.59. The van der Waals surface area contributed by atoms with Crippen molar-refractivity contribution in [1.29, 1.82) is 0 Å². The van der Waals surface area contributed by atoms with Crippen LogP contribution >= 0.6 is 0 Å². The smallest absolute Gasteiger partial charge is 0.254 e. The van der Waals surface area contributed by atoms with Gasteiger partial charge in [-0.2, -0.15) is 5.10 Å². The van der Waals surface area contributed by atoms with Gasteiger partial charge in [-0.25, -0.2) is 0 Å². The summed E-state index contributed by atoms with van der Waals surface area (Å²) in [6, 6.07) is 0. The van der Waals surface area contributed by atoms with E-state index >= 15 is 0 Å². The van der Waals surface area contributed by atoms with E-state index in [1.165, 1.54) is 0 Å². The average molecular weight is 238 g/mol. The molecule has 0 spiro atoms. The number of carbonyl (C=O) groups is 1. The van der Waals surface area contributed by atoms with Gasteiger partial charge in [0.15, 0.2) is 0 Å². The standard InChI is InChI=1S/C12H22N4O/c1-4-5-6-12(2,13)9-14-11(17)10-7-15-16(3)8-10/h7-8H,4-6,9,13H2,1-3H3,(H,14,17). The molecule has 0 saturated carbocycles. The Kier molecular flexibility index (Phi) is 4.69. The molecule has 0 aliphatic rings. The molecule has 96 valence electrons. The SMILES string of the molecule is CCCCC(C)(N)CNC(=O)c1cnn(C)c1. The number of hydrogen-bond donors (Lipinski definition) is 2. The van der Waals surface area contributed by atoms with Crippen molar-refractivity contribution >= 4 is 5.91 Å². The molecule has 1 unspecified atom stereocenters. The molecule has 1 aromatic heterocycles. The minimum absolute atomic E-state index is 0.119. The molecule has 17 heavy (non-hydrogen) atoms. The van der Waals surface area contributed by atoms with Crippen LogP contribution in [-0.4, -0.2) is 27.8 Å². The van der Waals surface area contributed by atoms with Crippen LogP contribution in [0, 0.1) is 0 Å². The maximum atomic E-state index is 11.8. The zero-order chi connectivity index (χ0) is 12.9. The molecule has 0 aliphatic carbocycles. The second kappa shape index (κ2) is 5.82. The number of rotatable bonds is 6. The predicted molar refractivity (Wildman–Crippen MR) is 67.7 cm³/mol. The molecule has 0 bridgehead atoms. The lowest BCUT2D eigenvalue weighted by Gasteiger charge is -2.24. The van der Waals surface area contributed by atoms with E-state index in [0.717, 1.165) is 19.3 Å². The van der Waals surface area contributed by atoms with Crippen LogP contribution in [-0.2, 0) is 7.05 Å². The van der Waals surface area contributed by atoms with Crippen molar-refractivity contribution in [2.24, 2.45) is 12.8 Å². The predicted octanol–water partition coefficient (Wildman–Crippen LogP) is 1.06. The van der Waals surface area contributed by atoms with Gasteiger partial charge >= 0.3 is 0 Å². The molecule has 5 nitrogen and oxygen atoms in total. The summed E-state index contributed by atoms with van der Waals surface area (Å²) in [4.78, 5) is 11.8. The van der Waals surface area contributed by atoms with E-state index in [-0.39, 0.29) is 11.4 Å². The number of unbranched alkanes of at least 4 members (excludes halogenated alkanes) is 1. The Morgan fingerprint density at radius 3 is 2.88 bits per heavy atom. The van der Waals surface area contributed by atoms with Crippen LogP contribution in [0.3, 0.4) is 0 Å². The van der Waals surface area contributed by atoms with Crippen molar-refractivity contribution in [2.45, 2.75) is 38.6 Å². The quantitative estimate of drug-likeness (QED) is 0.778. The second-order valence-corrected chi connectivity index (χ2v) is 4.84. The van der Waals surface area contributed by atoms with Crippen molar-refractivity contribution in [3.8, 4) is 0 Å². The van der Waals surface area contributed by atoms with E-state index in [1.54, 1.807) is 24.1 Å². The topological polar surface area (TPSA) is 72.9 Å². The van der Waals surface area contributed by atoms with E-state index < -0.39 is 0 Å². The normalized spacial score (nSPS) is 14.4. The monoisotopic (exact) mass is 238 g/mol. The van der Waals surface area contributed by atoms with Crippen molar-refractivity contribution in [1.82, 2.24) is 15.1 Å². The maximum Gasteiger partial charge on any atom is 0.254 e. The summed E-state index contributed by atoms with van der Waals surface area (Å²) in [5, 5.41) is 6.80. The van der Waals surface area contributed by atoms with Gasteiger partial charge in [-0.05, 0) is 13.3 Å². The van der Waals surface area contributed by atoms with Crippen LogP contribution in [0.5, 0.6) is 0 Å². The summed E-state index contributed by atoms with van der Waals surface area (Å²) in [5.41, 5.74) is 6.33. The van der Waals surface area contributed by atoms with Crippen LogP contribution in [0.2, 0.25) is 0 Å². The minimum atomic E-state index is -0.339. The minimum Gasteiger partial charge on any atom is -0.350 e. The molecular weight excluding hydrogens is 216 g/mol. The molecule has 0 saturated heterocycles. The fourth-order valence-electron chi connectivity index (χ4n) is 1.59. The zero-order valence-electron chi connectivity index (χ0n) is 10.9. The van der Waals surface area contributed by atoms with Crippen LogP contribution in [0.15, 0.2) is 12.4 Å². The lowest BCUT2D eigenvalue weighted by Crippen LogP contribution is -2.47. The molecule has 1 rings (SSSR count). The highest BCUT2D eigenvalue weighted by Crippen LogP contribution is 2.09. The first-order chi connectivity index (χ1) is 7.94. The molecule has 0 radical (unpaired) electrons. The Morgan fingerprint density at radius 1 is 1.65 bits per heavy atom. The van der Waals surface area contributed by atoms with Gasteiger partial charge < -0.3 is 11.1 Å². The first kappa shape index (κ1) is 13.7. The number of aryl methyl sites for hydroxylation is 1. The van der Waals surface area contributed by atoms with Gasteiger partial charge in [0, 0.05) is 25.3 Å². The molecular formula is C12H22N4O. The van der Waals surface area contributed by atoms with E-state index in [9.17, 15) is 4.79 Å². The Morgan fingerprint density at radius 2 is 2.35 bits per heavy atom. The third kappa shape index (κ3) is 4.56. The zero-order valence-corrected chi connectivity index (χ0v) is 10.9. The summed E-state index contributed by atoms with van der Waals surface area (Å²) in [6.45, 7) is 4.58. The van der Waals surface area contributed by atoms with Crippen molar-refractivity contribution < 1.29 is 4.79 Å². The van der Waals surface area contributed by atoms with Gasteiger partial charge in [0.05, 0.1) is 11.8 Å². The Hall–Kier alpha value is -1.36. The number of nitrogens with one attached hydrogen (secondary N) is 1. The molecule has 3 N–H and O–H groups in total. The lowest BCUT2D eigenvalue weighted by molar-refractivity contribution is 0.0943. The third-order valence-corrected chi connectivity index (χ3v) is 2.72. The first-order valence-electron chi connectivity index (χ1n) is 6.00. The number of amides is 1. The molecule has 1 heterocycles. The summed E-state index contributed by atoms with van der Waals surface area (Å²) in [5.74, 6) is -0.119. The van der Waals surface area contributed by atoms with Crippen LogP contribution in [0.1, 0.15) is 43.5 Å². The van der Waals surface area contributed by atoms with Gasteiger partial charge in [0.1, 0.15) is 0 Å². The van der Waals surface area contributed by atoms with Gasteiger partial charge in [-0.3, -0.25) is 9.48 Å². The summed E-state index contributed by atoms with van der Waals surface area (Å²) in [7, 11) is 1.78. The summed E-state index contributed by atoms with van der Waals surface area (Å²) >= 11 is 0. The lowest BCUT2D eigenvalue weighted by atomic mass is 9.96. The molecule has 0 aliphatic heterocycles. The van der Waals surface area contributed by atoms with Crippen molar-refractivity contribution in [2.75, 3.05) is 6.54 Å². The van der Waals surface area contributed by atoms with E-state index in [1.807, 2.05) is 6.92 Å². The Bertz CT molecular complexity index is 370. The van der Waals surface area contributed by atoms with Gasteiger partial charge in [0.25, 0.3) is 5.91 Å². The van der Waals surface area contributed by atoms with E-state index in [2.05, 4.69) is 17.3 Å². The molecule has 0 fully saturated rings. The Balaban J connectivity index is 2.42. The highest BCUT2D eigenvalue weighted by atomic mass is 16.1. The number of nitrogens with zero attached hydrogens (tertiary/aromatic N) is 2. The van der Waals surface area contributed by atoms with Crippen LogP contribution in [0.4, 0.5) is 0 Å². The number of hydrogen-bond acceptors (Lipinski definition) is 3. The molecule has 0 aromatic carbocycles. The number of carbonyl (C=O) groups excluding carboxylic acids is 1. The largest absolute Gasteiger partial charge is 0.350 e. The summed E-state index contributed by atoms with van der Waals surface area (Å²) < 4.78 is 1.60. The molecule has 5 heteroatoms. The molecule has 1 atom stereocenters. The van der Waals surface area contributed by atoms with Gasteiger partial charge in [-0.1, -0.05) is 19.8 Å². The van der Waals surface area contributed by atoms with Crippen molar-refractivity contribution in [3.63, 3.8) is 0 Å². The molecule has 1 amide bonds. The van der Waals surface area contributed by atoms with E-state index in [4.69, 9.17) is 5.73 Å². The van der Waals surface area contributed by atoms with Crippen LogP contribution < -0.4 is 11.1 Å². The number of aromatic nitrogens is 2. The second-order valence-electron chi connectivity index (χ2n) is 4.84. The highest BCUT2D eigenvalue weighted by Gasteiger charge is 2.19. The average Bonchev–Trinajstić information content (AvgIpc) is 2.70. The van der Waals surface area contributed by atoms with Gasteiger partial charge in [-0.15, -0.1) is 0 Å². The Labute approximate surface area is 102 Å². The van der Waals surface area contributed by atoms with Crippen molar-refractivity contribution in [3.05, 3.63) is 18.0 Å². The molecule has 1 aromatic rings. The highest BCUT2D eigenvalue weighted by molar-refractivity contribution is 5.93. The van der Waals surface area contributed by atoms with Crippen LogP contribution in [0.25, 0.3) is 0 Å². The first-order valence-corrected chi connectivity index (χ1v) is 6.00. The third-order valence-electron chi connectivity index (χ3n) is 2.72. The van der Waals surface area contributed by atoms with E-state index in [0.29, 0.717) is 12.1 Å². The number of nitrogens with two attached hydrogens (primary N) is 1. The maximum absolute atomic E-state index is 11.8.